The third kappa shape index (κ3) is 4.14. The van der Waals surface area contributed by atoms with E-state index in [0.29, 0.717) is 5.56 Å². The molecule has 1 heterocycles. The lowest BCUT2D eigenvalue weighted by molar-refractivity contribution is 0.0959. The summed E-state index contributed by atoms with van der Waals surface area (Å²) in [5.74, 6) is -3.13. The Bertz CT molecular complexity index is 1200. The zero-order valence-electron chi connectivity index (χ0n) is 15.0. The summed E-state index contributed by atoms with van der Waals surface area (Å²) < 4.78 is 54.4. The second-order valence-electron chi connectivity index (χ2n) is 5.80. The highest BCUT2D eigenvalue weighted by atomic mass is 32.2. The molecule has 0 atom stereocenters. The number of carbonyl (C=O) groups excluding carboxylic acids is 1. The number of nitrogens with two attached hydrogens (primary N) is 1. The molecule has 0 saturated heterocycles. The van der Waals surface area contributed by atoms with Crippen molar-refractivity contribution in [3.8, 4) is 11.3 Å². The molecule has 3 rings (SSSR count). The van der Waals surface area contributed by atoms with E-state index in [1.54, 1.807) is 6.07 Å². The summed E-state index contributed by atoms with van der Waals surface area (Å²) in [4.78, 5) is 19.6. The average Bonchev–Trinajstić information content (AvgIpc) is 2.71. The minimum Gasteiger partial charge on any atom is -0.382 e. The van der Waals surface area contributed by atoms with Crippen LogP contribution in [0.4, 0.5) is 20.3 Å². The number of nitrogens with zero attached hydrogens (tertiary/aromatic N) is 2. The maximum absolute atomic E-state index is 13.8. The Balaban J connectivity index is 1.99. The number of sulfonamides is 1. The number of anilines is 2. The normalized spacial score (nSPS) is 11.1. The lowest BCUT2D eigenvalue weighted by Crippen LogP contribution is -2.21. The molecular formula is C18H15F2N5O3S. The summed E-state index contributed by atoms with van der Waals surface area (Å²) in [6.07, 6.45) is 1.28. The third-order valence-corrected chi connectivity index (χ3v) is 5.24. The molecule has 0 aliphatic carbocycles. The van der Waals surface area contributed by atoms with Gasteiger partial charge >= 0.3 is 0 Å². The molecule has 8 nitrogen and oxygen atoms in total. The Morgan fingerprint density at radius 1 is 1.14 bits per heavy atom. The first-order chi connectivity index (χ1) is 13.7. The number of amides is 1. The van der Waals surface area contributed by atoms with E-state index < -0.39 is 33.3 Å². The van der Waals surface area contributed by atoms with Crippen molar-refractivity contribution in [1.82, 2.24) is 15.3 Å². The first kappa shape index (κ1) is 20.1. The van der Waals surface area contributed by atoms with Crippen LogP contribution in [0.1, 0.15) is 10.5 Å². The summed E-state index contributed by atoms with van der Waals surface area (Å²) in [5, 5.41) is 2.38. The van der Waals surface area contributed by atoms with Gasteiger partial charge in [-0.15, -0.1) is 0 Å². The fourth-order valence-corrected chi connectivity index (χ4v) is 3.54. The van der Waals surface area contributed by atoms with Crippen molar-refractivity contribution in [2.24, 2.45) is 0 Å². The van der Waals surface area contributed by atoms with Gasteiger partial charge in [0.25, 0.3) is 15.9 Å². The van der Waals surface area contributed by atoms with Crippen molar-refractivity contribution in [3.05, 3.63) is 66.0 Å². The highest BCUT2D eigenvalue weighted by Crippen LogP contribution is 2.25. The molecule has 3 aromatic rings. The van der Waals surface area contributed by atoms with Crippen LogP contribution in [0.3, 0.4) is 0 Å². The lowest BCUT2D eigenvalue weighted by atomic mass is 10.1. The van der Waals surface area contributed by atoms with Crippen molar-refractivity contribution in [2.75, 3.05) is 17.5 Å². The van der Waals surface area contributed by atoms with Gasteiger partial charge in [0.05, 0.1) is 22.5 Å². The van der Waals surface area contributed by atoms with Gasteiger partial charge < -0.3 is 11.1 Å². The highest BCUT2D eigenvalue weighted by molar-refractivity contribution is 7.92. The molecule has 4 N–H and O–H groups in total. The first-order valence-electron chi connectivity index (χ1n) is 8.15. The Labute approximate surface area is 164 Å². The van der Waals surface area contributed by atoms with Gasteiger partial charge in [0.15, 0.2) is 23.1 Å². The molecule has 0 aliphatic heterocycles. The largest absolute Gasteiger partial charge is 0.382 e. The van der Waals surface area contributed by atoms with Crippen molar-refractivity contribution >= 4 is 27.4 Å². The fraction of sp³-hybridized carbons (Fsp3) is 0.0556. The van der Waals surface area contributed by atoms with Gasteiger partial charge in [-0.3, -0.25) is 9.52 Å². The van der Waals surface area contributed by atoms with Crippen molar-refractivity contribution in [3.63, 3.8) is 0 Å². The van der Waals surface area contributed by atoms with Gasteiger partial charge in [0, 0.05) is 12.6 Å². The van der Waals surface area contributed by atoms with Gasteiger partial charge in [0.2, 0.25) is 0 Å². The predicted octanol–water partition coefficient (Wildman–Crippen LogP) is 2.16. The molecular weight excluding hydrogens is 404 g/mol. The predicted molar refractivity (Wildman–Crippen MR) is 102 cm³/mol. The molecule has 2 aromatic carbocycles. The zero-order valence-corrected chi connectivity index (χ0v) is 15.8. The van der Waals surface area contributed by atoms with E-state index in [0.717, 1.165) is 12.1 Å². The second-order valence-corrected chi connectivity index (χ2v) is 7.49. The molecule has 0 bridgehead atoms. The standard InChI is InChI=1S/C18H15F2N5O3S/c1-22-18(26)16-17(21)23-9-14(24-16)10-4-2-5-11(8-10)29(27,28)25-13-7-3-6-12(19)15(13)20/h2-9,25H,1H3,(H2,21,23)(H,22,26). The van der Waals surface area contributed by atoms with E-state index in [2.05, 4.69) is 15.3 Å². The Morgan fingerprint density at radius 2 is 1.86 bits per heavy atom. The van der Waals surface area contributed by atoms with Gasteiger partial charge in [-0.2, -0.15) is 0 Å². The van der Waals surface area contributed by atoms with Crippen LogP contribution in [-0.4, -0.2) is 31.3 Å². The molecule has 1 aromatic heterocycles. The number of benzene rings is 2. The Kier molecular flexibility index (Phi) is 5.41. The maximum Gasteiger partial charge on any atom is 0.273 e. The Morgan fingerprint density at radius 3 is 2.59 bits per heavy atom. The van der Waals surface area contributed by atoms with Gasteiger partial charge in [0.1, 0.15) is 0 Å². The zero-order chi connectivity index (χ0) is 21.2. The molecule has 150 valence electrons. The number of nitrogens with one attached hydrogen (secondary N) is 2. The molecule has 29 heavy (non-hydrogen) atoms. The lowest BCUT2D eigenvalue weighted by Gasteiger charge is -2.11. The Hall–Kier alpha value is -3.60. The van der Waals surface area contributed by atoms with Crippen molar-refractivity contribution in [1.29, 1.82) is 0 Å². The van der Waals surface area contributed by atoms with Crippen LogP contribution < -0.4 is 15.8 Å². The average molecular weight is 419 g/mol. The SMILES string of the molecule is CNC(=O)c1nc(-c2cccc(S(=O)(=O)Nc3cccc(F)c3F)c2)cnc1N. The van der Waals surface area contributed by atoms with E-state index in [1.165, 1.54) is 37.5 Å². The quantitative estimate of drug-likeness (QED) is 0.582. The molecule has 1 amide bonds. The third-order valence-electron chi connectivity index (χ3n) is 3.88. The fourth-order valence-electron chi connectivity index (χ4n) is 2.43. The summed E-state index contributed by atoms with van der Waals surface area (Å²) in [6, 6.07) is 8.66. The molecule has 11 heteroatoms. The smallest absolute Gasteiger partial charge is 0.273 e. The second kappa shape index (κ2) is 7.80. The minimum atomic E-state index is -4.23. The maximum atomic E-state index is 13.8. The number of halogens is 2. The van der Waals surface area contributed by atoms with Crippen molar-refractivity contribution < 1.29 is 22.0 Å². The van der Waals surface area contributed by atoms with Crippen molar-refractivity contribution in [2.45, 2.75) is 4.90 Å². The summed E-state index contributed by atoms with van der Waals surface area (Å²) in [6.45, 7) is 0. The van der Waals surface area contributed by atoms with Gasteiger partial charge in [-0.05, 0) is 24.3 Å². The van der Waals surface area contributed by atoms with Crippen LogP contribution in [0.15, 0.2) is 53.6 Å². The number of nitrogen functional groups attached to an aromatic ring is 1. The van der Waals surface area contributed by atoms with E-state index in [4.69, 9.17) is 5.73 Å². The number of hydrogen-bond donors (Lipinski definition) is 3. The molecule has 0 spiro atoms. The minimum absolute atomic E-state index is 0.0832. The van der Waals surface area contributed by atoms with Crippen LogP contribution >= 0.6 is 0 Å². The molecule has 0 unspecified atom stereocenters. The van der Waals surface area contributed by atoms with Crippen LogP contribution in [0.25, 0.3) is 11.3 Å². The monoisotopic (exact) mass is 419 g/mol. The summed E-state index contributed by atoms with van der Waals surface area (Å²) in [7, 11) is -2.83. The number of rotatable bonds is 5. The van der Waals surface area contributed by atoms with Gasteiger partial charge in [-0.1, -0.05) is 18.2 Å². The van der Waals surface area contributed by atoms with Crippen LogP contribution in [0.2, 0.25) is 0 Å². The number of carbonyl (C=O) groups is 1. The van der Waals surface area contributed by atoms with E-state index in [1.807, 2.05) is 4.72 Å². The molecule has 0 fully saturated rings. The number of hydrogen-bond acceptors (Lipinski definition) is 6. The molecule has 0 radical (unpaired) electrons. The molecule has 0 saturated carbocycles. The summed E-state index contributed by atoms with van der Waals surface area (Å²) in [5.41, 5.74) is 5.54. The first-order valence-corrected chi connectivity index (χ1v) is 9.63. The van der Waals surface area contributed by atoms with Gasteiger partial charge in [-0.25, -0.2) is 27.2 Å². The van der Waals surface area contributed by atoms with Crippen LogP contribution in [0, 0.1) is 11.6 Å². The van der Waals surface area contributed by atoms with E-state index in [-0.39, 0.29) is 22.1 Å². The van der Waals surface area contributed by atoms with E-state index >= 15 is 0 Å². The summed E-state index contributed by atoms with van der Waals surface area (Å²) >= 11 is 0. The number of aromatic nitrogens is 2. The topological polar surface area (TPSA) is 127 Å². The molecule has 0 aliphatic rings. The van der Waals surface area contributed by atoms with Crippen LogP contribution in [-0.2, 0) is 10.0 Å². The van der Waals surface area contributed by atoms with Crippen LogP contribution in [0.5, 0.6) is 0 Å². The van der Waals surface area contributed by atoms with E-state index in [9.17, 15) is 22.0 Å². The highest BCUT2D eigenvalue weighted by Gasteiger charge is 2.19.